The van der Waals surface area contributed by atoms with Gasteiger partial charge >= 0.3 is 5.97 Å². The van der Waals surface area contributed by atoms with Gasteiger partial charge in [-0.2, -0.15) is 0 Å². The fraction of sp³-hybridized carbons (Fsp3) is 0.692. The van der Waals surface area contributed by atoms with Crippen molar-refractivity contribution in [1.82, 2.24) is 10.6 Å². The molecular formula is C26H39FN2O8. The first kappa shape index (κ1) is 29.1. The molecule has 0 aromatic heterocycles. The van der Waals surface area contributed by atoms with E-state index in [1.165, 1.54) is 13.2 Å². The zero-order valence-electron chi connectivity index (χ0n) is 21.9. The highest BCUT2D eigenvalue weighted by Gasteiger charge is 2.42. The molecule has 1 aliphatic heterocycles. The lowest BCUT2D eigenvalue weighted by atomic mass is 9.74. The second-order valence-corrected chi connectivity index (χ2v) is 11.2. The predicted molar refractivity (Wildman–Crippen MR) is 132 cm³/mol. The van der Waals surface area contributed by atoms with Crippen LogP contribution in [0.4, 0.5) is 4.39 Å². The van der Waals surface area contributed by atoms with Gasteiger partial charge in [-0.1, -0.05) is 20.8 Å². The van der Waals surface area contributed by atoms with Gasteiger partial charge in [-0.15, -0.1) is 0 Å². The molecule has 5 N–H and O–H groups in total. The Morgan fingerprint density at radius 3 is 2.46 bits per heavy atom. The van der Waals surface area contributed by atoms with Gasteiger partial charge in [0.05, 0.1) is 44.4 Å². The zero-order chi connectivity index (χ0) is 27.4. The first-order chi connectivity index (χ1) is 17.4. The van der Waals surface area contributed by atoms with Crippen molar-refractivity contribution in [2.45, 2.75) is 64.8 Å². The van der Waals surface area contributed by atoms with Crippen molar-refractivity contribution in [3.8, 4) is 11.5 Å². The molecule has 1 saturated carbocycles. The van der Waals surface area contributed by atoms with E-state index in [1.54, 1.807) is 0 Å². The number of hydrogen-bond acceptors (Lipinski definition) is 8. The molecule has 0 bridgehead atoms. The lowest BCUT2D eigenvalue weighted by Gasteiger charge is -2.35. The lowest BCUT2D eigenvalue weighted by molar-refractivity contribution is -0.155. The summed E-state index contributed by atoms with van der Waals surface area (Å²) >= 11 is 0. The van der Waals surface area contributed by atoms with Crippen molar-refractivity contribution in [2.24, 2.45) is 16.7 Å². The zero-order valence-corrected chi connectivity index (χ0v) is 21.9. The van der Waals surface area contributed by atoms with Crippen LogP contribution in [-0.4, -0.2) is 72.8 Å². The molecule has 1 saturated heterocycles. The Kier molecular flexibility index (Phi) is 9.38. The van der Waals surface area contributed by atoms with Gasteiger partial charge in [0.15, 0.2) is 11.6 Å². The highest BCUT2D eigenvalue weighted by atomic mass is 19.1. The number of methoxy groups -OCH3 is 1. The third-order valence-corrected chi connectivity index (χ3v) is 7.10. The van der Waals surface area contributed by atoms with E-state index in [2.05, 4.69) is 10.6 Å². The number of aliphatic carboxylic acids is 1. The molecule has 1 aromatic rings. The number of aliphatic hydroxyl groups excluding tert-OH is 2. The van der Waals surface area contributed by atoms with Crippen LogP contribution in [0.25, 0.3) is 0 Å². The minimum Gasteiger partial charge on any atom is -0.496 e. The van der Waals surface area contributed by atoms with Crippen molar-refractivity contribution in [2.75, 3.05) is 33.5 Å². The summed E-state index contributed by atoms with van der Waals surface area (Å²) in [4.78, 5) is 24.3. The number of halogens is 1. The molecule has 0 radical (unpaired) electrons. The van der Waals surface area contributed by atoms with Crippen LogP contribution < -0.4 is 20.1 Å². The van der Waals surface area contributed by atoms with Crippen LogP contribution in [0.1, 0.15) is 58.2 Å². The first-order valence-corrected chi connectivity index (χ1v) is 12.6. The molecule has 2 fully saturated rings. The van der Waals surface area contributed by atoms with Gasteiger partial charge < -0.3 is 34.8 Å². The monoisotopic (exact) mass is 526 g/mol. The molecule has 11 heteroatoms. The minimum absolute atomic E-state index is 0.0824. The molecule has 1 unspecified atom stereocenters. The van der Waals surface area contributed by atoms with E-state index in [0.717, 1.165) is 6.07 Å². The standard InChI is InChI=1S/C26H39FN2O8/c1-25(2,3)13-28-22(31)17-11-36-12-19(17)29-23(32)16-9-21(18(27)10-20(16)35-4)37-15-5-7-26(14-30,8-6-15)24(33)34/h9-10,15,17,19,23,29-30,32H,5-8,11-14H2,1-4H3,(H,28,31)(H,33,34)/t15?,17-,19+,23?,26?/m1/s1. The summed E-state index contributed by atoms with van der Waals surface area (Å²) in [6.45, 7) is 6.51. The fourth-order valence-corrected chi connectivity index (χ4v) is 4.67. The fourth-order valence-electron chi connectivity index (χ4n) is 4.67. The van der Waals surface area contributed by atoms with E-state index >= 15 is 0 Å². The van der Waals surface area contributed by atoms with E-state index in [9.17, 15) is 29.3 Å². The number of aliphatic hydroxyl groups is 2. The second-order valence-electron chi connectivity index (χ2n) is 11.2. The summed E-state index contributed by atoms with van der Waals surface area (Å²) in [7, 11) is 1.36. The van der Waals surface area contributed by atoms with Gasteiger partial charge in [0.25, 0.3) is 0 Å². The van der Waals surface area contributed by atoms with Crippen LogP contribution in [0.2, 0.25) is 0 Å². The first-order valence-electron chi connectivity index (χ1n) is 12.6. The molecule has 1 heterocycles. The molecule has 208 valence electrons. The molecule has 1 amide bonds. The minimum atomic E-state index is -1.30. The average molecular weight is 527 g/mol. The number of carboxylic acid groups (broad SMARTS) is 1. The normalized spacial score (nSPS) is 26.9. The molecule has 1 aliphatic carbocycles. The average Bonchev–Trinajstić information content (AvgIpc) is 3.31. The maximum absolute atomic E-state index is 14.8. The molecule has 1 aromatic carbocycles. The van der Waals surface area contributed by atoms with Crippen LogP contribution in [0.15, 0.2) is 12.1 Å². The molecule has 10 nitrogen and oxygen atoms in total. The Balaban J connectivity index is 1.70. The third kappa shape index (κ3) is 7.10. The number of amides is 1. The van der Waals surface area contributed by atoms with Crippen LogP contribution in [0.5, 0.6) is 11.5 Å². The van der Waals surface area contributed by atoms with Crippen molar-refractivity contribution in [3.05, 3.63) is 23.5 Å². The number of rotatable bonds is 10. The number of carbonyl (C=O) groups is 2. The molecular weight excluding hydrogens is 487 g/mol. The molecule has 37 heavy (non-hydrogen) atoms. The number of hydrogen-bond donors (Lipinski definition) is 5. The third-order valence-electron chi connectivity index (χ3n) is 7.10. The van der Waals surface area contributed by atoms with Gasteiger partial charge in [0, 0.05) is 24.2 Å². The molecule has 0 spiro atoms. The summed E-state index contributed by atoms with van der Waals surface area (Å²) < 4.78 is 31.4. The smallest absolute Gasteiger partial charge is 0.311 e. The van der Waals surface area contributed by atoms with Gasteiger partial charge in [-0.05, 0) is 37.2 Å². The number of ether oxygens (including phenoxy) is 3. The summed E-state index contributed by atoms with van der Waals surface area (Å²) in [6.07, 6.45) is -0.669. The van der Waals surface area contributed by atoms with E-state index < -0.39 is 48.1 Å². The van der Waals surface area contributed by atoms with Crippen molar-refractivity contribution < 1.29 is 43.5 Å². The predicted octanol–water partition coefficient (Wildman–Crippen LogP) is 1.98. The Morgan fingerprint density at radius 2 is 1.89 bits per heavy atom. The maximum atomic E-state index is 14.8. The Bertz CT molecular complexity index is 959. The quantitative estimate of drug-likeness (QED) is 0.289. The van der Waals surface area contributed by atoms with Crippen LogP contribution >= 0.6 is 0 Å². The highest BCUT2D eigenvalue weighted by Crippen LogP contribution is 2.39. The summed E-state index contributed by atoms with van der Waals surface area (Å²) in [6, 6.07) is 1.99. The molecule has 3 atom stereocenters. The van der Waals surface area contributed by atoms with Crippen molar-refractivity contribution in [1.29, 1.82) is 0 Å². The summed E-state index contributed by atoms with van der Waals surface area (Å²) in [5.41, 5.74) is -1.06. The van der Waals surface area contributed by atoms with Gasteiger partial charge in [-0.3, -0.25) is 14.9 Å². The number of benzene rings is 1. The van der Waals surface area contributed by atoms with E-state index in [-0.39, 0.29) is 54.4 Å². The number of nitrogens with one attached hydrogen (secondary N) is 2. The number of carbonyl (C=O) groups excluding carboxylic acids is 1. The lowest BCUT2D eigenvalue weighted by Crippen LogP contribution is -2.46. The van der Waals surface area contributed by atoms with Crippen LogP contribution in [0, 0.1) is 22.6 Å². The number of carboxylic acids is 1. The van der Waals surface area contributed by atoms with Crippen LogP contribution in [-0.2, 0) is 14.3 Å². The topological polar surface area (TPSA) is 147 Å². The summed E-state index contributed by atoms with van der Waals surface area (Å²) in [5, 5.41) is 35.9. The molecule has 3 rings (SSSR count). The second kappa shape index (κ2) is 11.9. The maximum Gasteiger partial charge on any atom is 0.311 e. The van der Waals surface area contributed by atoms with Crippen molar-refractivity contribution in [3.63, 3.8) is 0 Å². The Hall–Kier alpha value is -2.47. The van der Waals surface area contributed by atoms with E-state index in [4.69, 9.17) is 14.2 Å². The summed E-state index contributed by atoms with van der Waals surface area (Å²) in [5.74, 6) is -2.43. The van der Waals surface area contributed by atoms with Gasteiger partial charge in [0.2, 0.25) is 5.91 Å². The van der Waals surface area contributed by atoms with Crippen LogP contribution in [0.3, 0.4) is 0 Å². The van der Waals surface area contributed by atoms with Crippen molar-refractivity contribution >= 4 is 11.9 Å². The Labute approximate surface area is 216 Å². The van der Waals surface area contributed by atoms with E-state index in [1.807, 2.05) is 20.8 Å². The SMILES string of the molecule is COc1cc(F)c(OC2CCC(CO)(C(=O)O)CC2)cc1C(O)N[C@H]1COC[C@H]1C(=O)NCC(C)(C)C. The largest absolute Gasteiger partial charge is 0.496 e. The Morgan fingerprint density at radius 1 is 1.22 bits per heavy atom. The highest BCUT2D eigenvalue weighted by molar-refractivity contribution is 5.80. The van der Waals surface area contributed by atoms with E-state index in [0.29, 0.717) is 19.4 Å². The van der Waals surface area contributed by atoms with Gasteiger partial charge in [0.1, 0.15) is 12.0 Å². The molecule has 2 aliphatic rings. The van der Waals surface area contributed by atoms with Gasteiger partial charge in [-0.25, -0.2) is 4.39 Å².